The SMILES string of the molecule is CCCCC(CC)CP(=O)(CC(CC)CCCC)Nc1ccccc1Cl. The maximum atomic E-state index is 14.0. The molecule has 26 heavy (non-hydrogen) atoms. The topological polar surface area (TPSA) is 29.1 Å². The molecule has 0 aromatic heterocycles. The lowest BCUT2D eigenvalue weighted by molar-refractivity contribution is 0.464. The van der Waals surface area contributed by atoms with Gasteiger partial charge in [0.25, 0.3) is 0 Å². The monoisotopic (exact) mass is 399 g/mol. The number of para-hydroxylation sites is 1. The summed E-state index contributed by atoms with van der Waals surface area (Å²) in [5.74, 6) is 1.05. The summed E-state index contributed by atoms with van der Waals surface area (Å²) in [7, 11) is -2.53. The molecule has 2 atom stereocenters. The normalized spacial score (nSPS) is 16.0. The van der Waals surface area contributed by atoms with Crippen molar-refractivity contribution in [1.29, 1.82) is 0 Å². The maximum absolute atomic E-state index is 14.0. The van der Waals surface area contributed by atoms with Crippen LogP contribution >= 0.6 is 18.9 Å². The van der Waals surface area contributed by atoms with E-state index in [1.54, 1.807) is 0 Å². The first-order valence-corrected chi connectivity index (χ1v) is 13.0. The van der Waals surface area contributed by atoms with Gasteiger partial charge in [0, 0.05) is 12.3 Å². The standard InChI is InChI=1S/C22H39ClNOP/c1-5-9-13-19(7-3)17-26(25,18-20(8-4)14-10-6-2)24-22-16-12-11-15-21(22)23/h11-12,15-16,19-20H,5-10,13-14,17-18H2,1-4H3,(H,24,25). The zero-order valence-electron chi connectivity index (χ0n) is 17.3. The smallest absolute Gasteiger partial charge is 0.170 e. The first-order chi connectivity index (χ1) is 12.5. The Balaban J connectivity index is 2.97. The van der Waals surface area contributed by atoms with E-state index in [0.29, 0.717) is 16.9 Å². The second kappa shape index (κ2) is 12.8. The number of benzene rings is 1. The van der Waals surface area contributed by atoms with Crippen molar-refractivity contribution in [2.45, 2.75) is 79.1 Å². The third-order valence-corrected chi connectivity index (χ3v) is 8.58. The van der Waals surface area contributed by atoms with E-state index in [1.807, 2.05) is 24.3 Å². The molecule has 0 aliphatic rings. The van der Waals surface area contributed by atoms with Gasteiger partial charge in [-0.2, -0.15) is 0 Å². The molecule has 1 N–H and O–H groups in total. The second-order valence-corrected chi connectivity index (χ2v) is 10.8. The molecule has 0 saturated carbocycles. The van der Waals surface area contributed by atoms with Gasteiger partial charge < -0.3 is 9.65 Å². The van der Waals surface area contributed by atoms with Crippen LogP contribution in [0.2, 0.25) is 5.02 Å². The quantitative estimate of drug-likeness (QED) is 0.318. The zero-order chi connectivity index (χ0) is 19.4. The average Bonchev–Trinajstić information content (AvgIpc) is 2.64. The number of anilines is 1. The van der Waals surface area contributed by atoms with Crippen LogP contribution in [0.4, 0.5) is 5.69 Å². The Morgan fingerprint density at radius 2 is 1.42 bits per heavy atom. The van der Waals surface area contributed by atoms with Gasteiger partial charge in [-0.1, -0.05) is 90.0 Å². The van der Waals surface area contributed by atoms with E-state index < -0.39 is 7.29 Å². The Hall–Kier alpha value is -0.460. The molecule has 2 nitrogen and oxygen atoms in total. The minimum absolute atomic E-state index is 0.527. The molecule has 0 radical (unpaired) electrons. The van der Waals surface area contributed by atoms with Gasteiger partial charge in [-0.15, -0.1) is 0 Å². The largest absolute Gasteiger partial charge is 0.335 e. The van der Waals surface area contributed by atoms with Crippen LogP contribution < -0.4 is 5.09 Å². The molecular weight excluding hydrogens is 361 g/mol. The number of unbranched alkanes of at least 4 members (excludes halogenated alkanes) is 2. The molecule has 0 fully saturated rings. The van der Waals surface area contributed by atoms with Crippen LogP contribution in [-0.2, 0) is 4.57 Å². The van der Waals surface area contributed by atoms with Crippen LogP contribution in [0.15, 0.2) is 24.3 Å². The van der Waals surface area contributed by atoms with E-state index >= 15 is 0 Å². The zero-order valence-corrected chi connectivity index (χ0v) is 18.9. The number of hydrogen-bond acceptors (Lipinski definition) is 1. The molecule has 0 bridgehead atoms. The fraction of sp³-hybridized carbons (Fsp3) is 0.727. The Morgan fingerprint density at radius 1 is 0.923 bits per heavy atom. The Labute approximate surface area is 166 Å². The van der Waals surface area contributed by atoms with Gasteiger partial charge in [0.05, 0.1) is 10.7 Å². The molecule has 150 valence electrons. The highest BCUT2D eigenvalue weighted by molar-refractivity contribution is 7.65. The Morgan fingerprint density at radius 3 is 1.85 bits per heavy atom. The highest BCUT2D eigenvalue weighted by Crippen LogP contribution is 2.51. The molecule has 1 aromatic carbocycles. The van der Waals surface area contributed by atoms with Crippen LogP contribution in [0, 0.1) is 11.8 Å². The van der Waals surface area contributed by atoms with E-state index in [2.05, 4.69) is 32.8 Å². The fourth-order valence-corrected chi connectivity index (χ4v) is 7.37. The molecule has 0 spiro atoms. The van der Waals surface area contributed by atoms with Crippen molar-refractivity contribution in [2.75, 3.05) is 17.4 Å². The Kier molecular flexibility index (Phi) is 11.6. The molecule has 0 amide bonds. The highest BCUT2D eigenvalue weighted by Gasteiger charge is 2.29. The molecule has 2 unspecified atom stereocenters. The number of halogens is 1. The van der Waals surface area contributed by atoms with Gasteiger partial charge in [-0.05, 0) is 36.8 Å². The number of rotatable bonds is 14. The molecule has 1 rings (SSSR count). The first-order valence-electron chi connectivity index (χ1n) is 10.6. The summed E-state index contributed by atoms with van der Waals surface area (Å²) < 4.78 is 14.0. The van der Waals surface area contributed by atoms with Gasteiger partial charge in [-0.3, -0.25) is 0 Å². The fourth-order valence-electron chi connectivity index (χ4n) is 3.61. The van der Waals surface area contributed by atoms with Crippen molar-refractivity contribution in [3.05, 3.63) is 29.3 Å². The summed E-state index contributed by atoms with van der Waals surface area (Å²) in [6, 6.07) is 7.71. The van der Waals surface area contributed by atoms with E-state index in [4.69, 9.17) is 11.6 Å². The van der Waals surface area contributed by atoms with E-state index in [-0.39, 0.29) is 0 Å². The van der Waals surface area contributed by atoms with Gasteiger partial charge in [0.15, 0.2) is 7.29 Å². The predicted molar refractivity (Wildman–Crippen MR) is 119 cm³/mol. The molecule has 0 aliphatic heterocycles. The predicted octanol–water partition coefficient (Wildman–Crippen LogP) is 8.46. The van der Waals surface area contributed by atoms with Gasteiger partial charge in [0.1, 0.15) is 0 Å². The van der Waals surface area contributed by atoms with Crippen LogP contribution in [0.5, 0.6) is 0 Å². The van der Waals surface area contributed by atoms with E-state index in [0.717, 1.165) is 30.9 Å². The lowest BCUT2D eigenvalue weighted by Gasteiger charge is -2.29. The first kappa shape index (κ1) is 23.6. The summed E-state index contributed by atoms with van der Waals surface area (Å²) >= 11 is 6.35. The number of nitrogens with one attached hydrogen (secondary N) is 1. The van der Waals surface area contributed by atoms with Crippen LogP contribution in [-0.4, -0.2) is 12.3 Å². The average molecular weight is 400 g/mol. The maximum Gasteiger partial charge on any atom is 0.170 e. The number of hydrogen-bond donors (Lipinski definition) is 1. The van der Waals surface area contributed by atoms with Crippen molar-refractivity contribution in [1.82, 2.24) is 0 Å². The summed E-state index contributed by atoms with van der Waals surface area (Å²) in [6.07, 6.45) is 11.0. The lowest BCUT2D eigenvalue weighted by atomic mass is 10.0. The van der Waals surface area contributed by atoms with Crippen molar-refractivity contribution in [2.24, 2.45) is 11.8 Å². The summed E-state index contributed by atoms with van der Waals surface area (Å²) in [6.45, 7) is 8.92. The molecule has 0 saturated heterocycles. The minimum Gasteiger partial charge on any atom is -0.335 e. The summed E-state index contributed by atoms with van der Waals surface area (Å²) in [5.41, 5.74) is 0.827. The minimum atomic E-state index is -2.53. The summed E-state index contributed by atoms with van der Waals surface area (Å²) in [4.78, 5) is 0. The Bertz CT molecular complexity index is 527. The van der Waals surface area contributed by atoms with Crippen LogP contribution in [0.25, 0.3) is 0 Å². The second-order valence-electron chi connectivity index (χ2n) is 7.68. The van der Waals surface area contributed by atoms with Crippen LogP contribution in [0.3, 0.4) is 0 Å². The molecule has 1 aromatic rings. The van der Waals surface area contributed by atoms with Crippen molar-refractivity contribution in [3.63, 3.8) is 0 Å². The van der Waals surface area contributed by atoms with E-state index in [1.165, 1.54) is 38.5 Å². The molecular formula is C22H39ClNOP. The van der Waals surface area contributed by atoms with Crippen molar-refractivity contribution in [3.8, 4) is 0 Å². The van der Waals surface area contributed by atoms with Crippen molar-refractivity contribution < 1.29 is 4.57 Å². The third kappa shape index (κ3) is 8.49. The molecule has 0 aliphatic carbocycles. The summed E-state index contributed by atoms with van der Waals surface area (Å²) in [5, 5.41) is 4.09. The molecule has 0 heterocycles. The van der Waals surface area contributed by atoms with Crippen molar-refractivity contribution >= 4 is 24.6 Å². The highest BCUT2D eigenvalue weighted by atomic mass is 35.5. The lowest BCUT2D eigenvalue weighted by Crippen LogP contribution is -2.17. The van der Waals surface area contributed by atoms with Gasteiger partial charge >= 0.3 is 0 Å². The van der Waals surface area contributed by atoms with E-state index in [9.17, 15) is 4.57 Å². The third-order valence-electron chi connectivity index (χ3n) is 5.39. The molecule has 4 heteroatoms. The van der Waals surface area contributed by atoms with Crippen LogP contribution in [0.1, 0.15) is 79.1 Å². The van der Waals surface area contributed by atoms with Gasteiger partial charge in [-0.25, -0.2) is 0 Å². The van der Waals surface area contributed by atoms with Gasteiger partial charge in [0.2, 0.25) is 0 Å².